The Kier molecular flexibility index (Phi) is 4.13. The maximum atomic E-state index is 11.2. The molecule has 0 spiro atoms. The Bertz CT molecular complexity index is 156. The Morgan fingerprint density at radius 2 is 2.33 bits per heavy atom. The molecule has 0 bridgehead atoms. The molecule has 2 unspecified atom stereocenters. The van der Waals surface area contributed by atoms with Crippen LogP contribution in [-0.4, -0.2) is 16.8 Å². The normalized spacial score (nSPS) is 30.7. The minimum atomic E-state index is 0.474. The Balaban J connectivity index is 2.33. The second-order valence-electron chi connectivity index (χ2n) is 3.67. The molecule has 1 nitrogen and oxygen atoms in total. The molecule has 1 saturated carbocycles. The molecule has 0 N–H and O–H groups in total. The third-order valence-corrected chi connectivity index (χ3v) is 4.18. The maximum Gasteiger partial charge on any atom is 0.134 e. The topological polar surface area (TPSA) is 17.1 Å². The standard InChI is InChI=1S/C10H18OS/c1-3-6-12-10-7-9(11)5-4-8(10)2/h8,10H,3-7H2,1-2H3. The van der Waals surface area contributed by atoms with Gasteiger partial charge in [-0.3, -0.25) is 4.79 Å². The van der Waals surface area contributed by atoms with Gasteiger partial charge in [-0.2, -0.15) is 11.8 Å². The van der Waals surface area contributed by atoms with Crippen molar-refractivity contribution < 1.29 is 4.79 Å². The van der Waals surface area contributed by atoms with Crippen LogP contribution in [0.15, 0.2) is 0 Å². The van der Waals surface area contributed by atoms with Crippen LogP contribution >= 0.6 is 11.8 Å². The van der Waals surface area contributed by atoms with E-state index in [1.807, 2.05) is 11.8 Å². The van der Waals surface area contributed by atoms with Crippen LogP contribution in [0.25, 0.3) is 0 Å². The minimum Gasteiger partial charge on any atom is -0.300 e. The zero-order valence-corrected chi connectivity index (χ0v) is 8.82. The van der Waals surface area contributed by atoms with Crippen LogP contribution in [0, 0.1) is 5.92 Å². The molecule has 0 aromatic carbocycles. The molecule has 0 saturated heterocycles. The lowest BCUT2D eigenvalue weighted by Crippen LogP contribution is -2.25. The van der Waals surface area contributed by atoms with Crippen LogP contribution in [0.4, 0.5) is 0 Å². The lowest BCUT2D eigenvalue weighted by molar-refractivity contribution is -0.120. The number of carbonyl (C=O) groups is 1. The van der Waals surface area contributed by atoms with Crippen molar-refractivity contribution in [3.63, 3.8) is 0 Å². The molecule has 0 aromatic rings. The van der Waals surface area contributed by atoms with Gasteiger partial charge < -0.3 is 0 Å². The minimum absolute atomic E-state index is 0.474. The Labute approximate surface area is 79.3 Å². The molecule has 0 radical (unpaired) electrons. The SMILES string of the molecule is CCCSC1CC(=O)CCC1C. The smallest absolute Gasteiger partial charge is 0.134 e. The predicted molar refractivity (Wildman–Crippen MR) is 54.6 cm³/mol. The van der Waals surface area contributed by atoms with E-state index in [0.29, 0.717) is 11.0 Å². The zero-order chi connectivity index (χ0) is 8.97. The highest BCUT2D eigenvalue weighted by Crippen LogP contribution is 2.31. The highest BCUT2D eigenvalue weighted by atomic mass is 32.2. The fourth-order valence-corrected chi connectivity index (χ4v) is 2.90. The first-order valence-corrected chi connectivity index (χ1v) is 5.92. The molecule has 1 fully saturated rings. The summed E-state index contributed by atoms with van der Waals surface area (Å²) < 4.78 is 0. The van der Waals surface area contributed by atoms with E-state index in [1.54, 1.807) is 0 Å². The summed E-state index contributed by atoms with van der Waals surface area (Å²) in [5.41, 5.74) is 0. The highest BCUT2D eigenvalue weighted by Gasteiger charge is 2.25. The number of carbonyl (C=O) groups excluding carboxylic acids is 1. The van der Waals surface area contributed by atoms with E-state index in [4.69, 9.17) is 0 Å². The van der Waals surface area contributed by atoms with E-state index in [-0.39, 0.29) is 0 Å². The third kappa shape index (κ3) is 2.81. The first-order valence-electron chi connectivity index (χ1n) is 4.87. The molecular formula is C10H18OS. The molecule has 70 valence electrons. The van der Waals surface area contributed by atoms with Crippen LogP contribution < -0.4 is 0 Å². The van der Waals surface area contributed by atoms with Gasteiger partial charge in [-0.1, -0.05) is 13.8 Å². The first-order chi connectivity index (χ1) is 5.74. The number of rotatable bonds is 3. The number of Topliss-reactive ketones (excluding diaryl/α,β-unsaturated/α-hetero) is 1. The first kappa shape index (κ1) is 10.1. The van der Waals surface area contributed by atoms with Gasteiger partial charge in [0.15, 0.2) is 0 Å². The second-order valence-corrected chi connectivity index (χ2v) is 5.02. The number of hydrogen-bond donors (Lipinski definition) is 0. The van der Waals surface area contributed by atoms with E-state index >= 15 is 0 Å². The molecule has 2 atom stereocenters. The summed E-state index contributed by atoms with van der Waals surface area (Å²) in [4.78, 5) is 11.2. The van der Waals surface area contributed by atoms with Crippen molar-refractivity contribution in [2.24, 2.45) is 5.92 Å². The lowest BCUT2D eigenvalue weighted by Gasteiger charge is -2.27. The van der Waals surface area contributed by atoms with Gasteiger partial charge in [-0.05, 0) is 24.5 Å². The molecule has 0 aliphatic heterocycles. The van der Waals surface area contributed by atoms with Gasteiger partial charge >= 0.3 is 0 Å². The average Bonchev–Trinajstić information content (AvgIpc) is 2.07. The molecular weight excluding hydrogens is 168 g/mol. The number of thioether (sulfide) groups is 1. The highest BCUT2D eigenvalue weighted by molar-refractivity contribution is 7.99. The summed E-state index contributed by atoms with van der Waals surface area (Å²) in [5, 5.41) is 0.617. The van der Waals surface area contributed by atoms with Crippen molar-refractivity contribution in [2.45, 2.75) is 44.8 Å². The summed E-state index contributed by atoms with van der Waals surface area (Å²) in [6.07, 6.45) is 3.98. The summed E-state index contributed by atoms with van der Waals surface area (Å²) >= 11 is 1.99. The van der Waals surface area contributed by atoms with Crippen molar-refractivity contribution in [3.05, 3.63) is 0 Å². The quantitative estimate of drug-likeness (QED) is 0.674. The van der Waals surface area contributed by atoms with Crippen LogP contribution in [-0.2, 0) is 4.79 Å². The molecule has 2 heteroatoms. The fourth-order valence-electron chi connectivity index (χ4n) is 1.59. The van der Waals surface area contributed by atoms with Gasteiger partial charge in [0.2, 0.25) is 0 Å². The molecule has 12 heavy (non-hydrogen) atoms. The van der Waals surface area contributed by atoms with Crippen molar-refractivity contribution in [1.82, 2.24) is 0 Å². The molecule has 0 heterocycles. The van der Waals surface area contributed by atoms with Gasteiger partial charge in [0.05, 0.1) is 0 Å². The van der Waals surface area contributed by atoms with Crippen LogP contribution in [0.3, 0.4) is 0 Å². The number of hydrogen-bond acceptors (Lipinski definition) is 2. The summed E-state index contributed by atoms with van der Waals surface area (Å²) in [6, 6.07) is 0. The van der Waals surface area contributed by atoms with Crippen LogP contribution in [0.2, 0.25) is 0 Å². The Hall–Kier alpha value is 0.0200. The van der Waals surface area contributed by atoms with Gasteiger partial charge in [-0.25, -0.2) is 0 Å². The molecule has 1 rings (SSSR count). The third-order valence-electron chi connectivity index (χ3n) is 2.48. The van der Waals surface area contributed by atoms with Gasteiger partial charge in [0.1, 0.15) is 5.78 Å². The zero-order valence-electron chi connectivity index (χ0n) is 8.01. The summed E-state index contributed by atoms with van der Waals surface area (Å²) in [7, 11) is 0. The van der Waals surface area contributed by atoms with Crippen molar-refractivity contribution in [3.8, 4) is 0 Å². The largest absolute Gasteiger partial charge is 0.300 e. The monoisotopic (exact) mass is 186 g/mol. The molecule has 1 aliphatic rings. The predicted octanol–water partition coefficient (Wildman–Crippen LogP) is 2.89. The van der Waals surface area contributed by atoms with Gasteiger partial charge in [-0.15, -0.1) is 0 Å². The summed E-state index contributed by atoms with van der Waals surface area (Å²) in [5.74, 6) is 2.43. The maximum absolute atomic E-state index is 11.2. The van der Waals surface area contributed by atoms with Crippen molar-refractivity contribution >= 4 is 17.5 Å². The summed E-state index contributed by atoms with van der Waals surface area (Å²) in [6.45, 7) is 4.47. The number of ketones is 1. The van der Waals surface area contributed by atoms with Gasteiger partial charge in [0, 0.05) is 18.1 Å². The van der Waals surface area contributed by atoms with E-state index in [1.165, 1.54) is 12.2 Å². The van der Waals surface area contributed by atoms with Crippen molar-refractivity contribution in [2.75, 3.05) is 5.75 Å². The van der Waals surface area contributed by atoms with Gasteiger partial charge in [0.25, 0.3) is 0 Å². The lowest BCUT2D eigenvalue weighted by atomic mass is 9.89. The van der Waals surface area contributed by atoms with E-state index in [2.05, 4.69) is 13.8 Å². The van der Waals surface area contributed by atoms with E-state index < -0.39 is 0 Å². The van der Waals surface area contributed by atoms with Crippen LogP contribution in [0.5, 0.6) is 0 Å². The second kappa shape index (κ2) is 4.90. The molecule has 1 aliphatic carbocycles. The van der Waals surface area contributed by atoms with Crippen LogP contribution in [0.1, 0.15) is 39.5 Å². The van der Waals surface area contributed by atoms with E-state index in [9.17, 15) is 4.79 Å². The van der Waals surface area contributed by atoms with E-state index in [0.717, 1.165) is 25.2 Å². The molecule has 0 amide bonds. The Morgan fingerprint density at radius 3 is 3.00 bits per heavy atom. The molecule has 0 aromatic heterocycles. The average molecular weight is 186 g/mol. The Morgan fingerprint density at radius 1 is 1.58 bits per heavy atom. The fraction of sp³-hybridized carbons (Fsp3) is 0.900. The van der Waals surface area contributed by atoms with Crippen molar-refractivity contribution in [1.29, 1.82) is 0 Å².